The Morgan fingerprint density at radius 2 is 2.05 bits per heavy atom. The lowest BCUT2D eigenvalue weighted by Crippen LogP contribution is -2.03. The highest BCUT2D eigenvalue weighted by molar-refractivity contribution is 6.29. The van der Waals surface area contributed by atoms with E-state index in [4.69, 9.17) is 16.3 Å². The summed E-state index contributed by atoms with van der Waals surface area (Å²) in [6.45, 7) is 0.364. The van der Waals surface area contributed by atoms with Gasteiger partial charge in [0.15, 0.2) is 0 Å². The van der Waals surface area contributed by atoms with Crippen molar-refractivity contribution in [2.75, 3.05) is 0 Å². The van der Waals surface area contributed by atoms with Crippen molar-refractivity contribution in [2.24, 2.45) is 7.05 Å². The number of rotatable bonds is 3. The first-order valence-corrected chi connectivity index (χ1v) is 6.25. The monoisotopic (exact) mass is 273 g/mol. The van der Waals surface area contributed by atoms with E-state index in [2.05, 4.69) is 9.97 Å². The second-order valence-corrected chi connectivity index (χ2v) is 4.60. The Bertz CT molecular complexity index is 724. The number of pyridine rings is 1. The van der Waals surface area contributed by atoms with Crippen molar-refractivity contribution < 1.29 is 4.74 Å². The van der Waals surface area contributed by atoms with E-state index in [1.807, 2.05) is 37.4 Å². The number of ether oxygens (including phenoxy) is 1. The van der Waals surface area contributed by atoms with Gasteiger partial charge in [0.05, 0.1) is 17.9 Å². The van der Waals surface area contributed by atoms with Crippen LogP contribution < -0.4 is 4.74 Å². The molecule has 2 aromatic heterocycles. The van der Waals surface area contributed by atoms with E-state index in [-0.39, 0.29) is 0 Å². The summed E-state index contributed by atoms with van der Waals surface area (Å²) in [6, 6.07) is 9.88. The lowest BCUT2D eigenvalue weighted by atomic mass is 10.2. The number of aromatic nitrogens is 3. The van der Waals surface area contributed by atoms with Gasteiger partial charge in [0.25, 0.3) is 0 Å². The Morgan fingerprint density at radius 3 is 2.84 bits per heavy atom. The number of halogens is 1. The van der Waals surface area contributed by atoms with Crippen LogP contribution in [0.2, 0.25) is 5.15 Å². The predicted octanol–water partition coefficient (Wildman–Crippen LogP) is 3.20. The van der Waals surface area contributed by atoms with Gasteiger partial charge in [0.2, 0.25) is 0 Å². The van der Waals surface area contributed by atoms with E-state index in [1.54, 1.807) is 17.0 Å². The molecule has 19 heavy (non-hydrogen) atoms. The summed E-state index contributed by atoms with van der Waals surface area (Å²) in [5, 5.41) is 1.65. The Kier molecular flexibility index (Phi) is 3.09. The minimum absolute atomic E-state index is 0.364. The zero-order chi connectivity index (χ0) is 13.2. The molecule has 3 aromatic rings. The molecule has 0 spiro atoms. The number of hydrogen-bond acceptors (Lipinski definition) is 3. The fourth-order valence-corrected chi connectivity index (χ4v) is 1.98. The van der Waals surface area contributed by atoms with E-state index in [1.165, 1.54) is 0 Å². The van der Waals surface area contributed by atoms with Gasteiger partial charge in [0.1, 0.15) is 23.3 Å². The third-order valence-corrected chi connectivity index (χ3v) is 3.31. The van der Waals surface area contributed by atoms with Crippen LogP contribution in [0.1, 0.15) is 5.82 Å². The van der Waals surface area contributed by atoms with Gasteiger partial charge in [-0.05, 0) is 12.1 Å². The van der Waals surface area contributed by atoms with Crippen LogP contribution in [0.4, 0.5) is 0 Å². The molecule has 0 radical (unpaired) electrons. The maximum Gasteiger partial charge on any atom is 0.147 e. The lowest BCUT2D eigenvalue weighted by Gasteiger charge is -2.07. The second kappa shape index (κ2) is 4.90. The van der Waals surface area contributed by atoms with E-state index in [0.717, 1.165) is 22.5 Å². The summed E-state index contributed by atoms with van der Waals surface area (Å²) < 4.78 is 7.48. The van der Waals surface area contributed by atoms with Crippen molar-refractivity contribution in [1.82, 2.24) is 14.5 Å². The summed E-state index contributed by atoms with van der Waals surface area (Å²) in [5.74, 6) is 1.50. The smallest absolute Gasteiger partial charge is 0.147 e. The number of hydrogen-bond donors (Lipinski definition) is 0. The number of benzene rings is 1. The number of nitrogens with zero attached hydrogens (tertiary/aromatic N) is 3. The number of imidazole rings is 1. The SMILES string of the molecule is Cn1c(Cl)cnc1COc1cnc2ccccc2c1. The van der Waals surface area contributed by atoms with Gasteiger partial charge in [-0.1, -0.05) is 29.8 Å². The Balaban J connectivity index is 1.80. The molecule has 0 N–H and O–H groups in total. The molecule has 0 bridgehead atoms. The Morgan fingerprint density at radius 1 is 1.21 bits per heavy atom. The molecule has 0 aliphatic heterocycles. The van der Waals surface area contributed by atoms with Gasteiger partial charge in [0, 0.05) is 12.4 Å². The highest BCUT2D eigenvalue weighted by Gasteiger charge is 2.05. The third-order valence-electron chi connectivity index (χ3n) is 2.96. The topological polar surface area (TPSA) is 39.9 Å². The summed E-state index contributed by atoms with van der Waals surface area (Å²) in [7, 11) is 1.85. The van der Waals surface area contributed by atoms with Crippen molar-refractivity contribution in [3.05, 3.63) is 53.7 Å². The first-order chi connectivity index (χ1) is 9.24. The minimum atomic E-state index is 0.364. The summed E-state index contributed by atoms with van der Waals surface area (Å²) in [4.78, 5) is 8.52. The first-order valence-electron chi connectivity index (χ1n) is 5.88. The number of para-hydroxylation sites is 1. The molecule has 0 amide bonds. The first kappa shape index (κ1) is 12.0. The molecule has 0 atom stereocenters. The molecule has 4 nitrogen and oxygen atoms in total. The van der Waals surface area contributed by atoms with Gasteiger partial charge >= 0.3 is 0 Å². The molecule has 5 heteroatoms. The molecule has 2 heterocycles. The Labute approximate surface area is 115 Å². The Hall–Kier alpha value is -2.07. The van der Waals surface area contributed by atoms with Gasteiger partial charge in [-0.2, -0.15) is 0 Å². The van der Waals surface area contributed by atoms with E-state index >= 15 is 0 Å². The molecule has 0 saturated heterocycles. The maximum absolute atomic E-state index is 5.92. The third kappa shape index (κ3) is 2.39. The van der Waals surface area contributed by atoms with Crippen molar-refractivity contribution in [1.29, 1.82) is 0 Å². The molecule has 0 aliphatic rings. The molecule has 96 valence electrons. The molecule has 0 unspecified atom stereocenters. The second-order valence-electron chi connectivity index (χ2n) is 4.21. The largest absolute Gasteiger partial charge is 0.484 e. The van der Waals surface area contributed by atoms with Gasteiger partial charge in [-0.3, -0.25) is 4.98 Å². The van der Waals surface area contributed by atoms with E-state index < -0.39 is 0 Å². The summed E-state index contributed by atoms with van der Waals surface area (Å²) >= 11 is 5.92. The van der Waals surface area contributed by atoms with Crippen molar-refractivity contribution in [2.45, 2.75) is 6.61 Å². The quantitative estimate of drug-likeness (QED) is 0.736. The van der Waals surface area contributed by atoms with Crippen LogP contribution in [-0.4, -0.2) is 14.5 Å². The van der Waals surface area contributed by atoms with Crippen LogP contribution >= 0.6 is 11.6 Å². The van der Waals surface area contributed by atoms with Gasteiger partial charge < -0.3 is 9.30 Å². The lowest BCUT2D eigenvalue weighted by molar-refractivity contribution is 0.291. The van der Waals surface area contributed by atoms with E-state index in [9.17, 15) is 0 Å². The molecular weight excluding hydrogens is 262 g/mol. The minimum Gasteiger partial charge on any atom is -0.484 e. The van der Waals surface area contributed by atoms with Crippen LogP contribution in [-0.2, 0) is 13.7 Å². The average Bonchev–Trinajstić information content (AvgIpc) is 2.76. The fraction of sp³-hybridized carbons (Fsp3) is 0.143. The molecular formula is C14H12ClN3O. The van der Waals surface area contributed by atoms with Gasteiger partial charge in [-0.25, -0.2) is 4.98 Å². The van der Waals surface area contributed by atoms with Crippen molar-refractivity contribution in [3.8, 4) is 5.75 Å². The maximum atomic E-state index is 5.92. The predicted molar refractivity (Wildman–Crippen MR) is 74.3 cm³/mol. The van der Waals surface area contributed by atoms with Crippen LogP contribution in [0.3, 0.4) is 0 Å². The normalized spacial score (nSPS) is 10.8. The zero-order valence-electron chi connectivity index (χ0n) is 10.4. The average molecular weight is 274 g/mol. The van der Waals surface area contributed by atoms with Crippen molar-refractivity contribution >= 4 is 22.5 Å². The number of fused-ring (bicyclic) bond motifs is 1. The van der Waals surface area contributed by atoms with Gasteiger partial charge in [-0.15, -0.1) is 0 Å². The molecule has 0 saturated carbocycles. The van der Waals surface area contributed by atoms with Crippen LogP contribution in [0.25, 0.3) is 10.9 Å². The molecule has 3 rings (SSSR count). The summed E-state index contributed by atoms with van der Waals surface area (Å²) in [6.07, 6.45) is 3.33. The van der Waals surface area contributed by atoms with E-state index in [0.29, 0.717) is 11.8 Å². The highest BCUT2D eigenvalue weighted by Crippen LogP contribution is 2.19. The van der Waals surface area contributed by atoms with Crippen molar-refractivity contribution in [3.63, 3.8) is 0 Å². The highest BCUT2D eigenvalue weighted by atomic mass is 35.5. The van der Waals surface area contributed by atoms with Crippen LogP contribution in [0.5, 0.6) is 5.75 Å². The molecule has 0 fully saturated rings. The van der Waals surface area contributed by atoms with Crippen LogP contribution in [0.15, 0.2) is 42.7 Å². The summed E-state index contributed by atoms with van der Waals surface area (Å²) in [5.41, 5.74) is 0.954. The fourth-order valence-electron chi connectivity index (χ4n) is 1.84. The molecule has 1 aromatic carbocycles. The molecule has 0 aliphatic carbocycles. The van der Waals surface area contributed by atoms with Crippen LogP contribution in [0, 0.1) is 0 Å². The standard InChI is InChI=1S/C14H12ClN3O/c1-18-13(15)8-17-14(18)9-19-11-6-10-4-2-3-5-12(10)16-7-11/h2-8H,9H2,1H3. The zero-order valence-corrected chi connectivity index (χ0v) is 11.1.